The summed E-state index contributed by atoms with van der Waals surface area (Å²) in [5.74, 6) is 0.542. The lowest BCUT2D eigenvalue weighted by Gasteiger charge is -2.28. The van der Waals surface area contributed by atoms with Gasteiger partial charge in [0.2, 0.25) is 0 Å². The summed E-state index contributed by atoms with van der Waals surface area (Å²) in [7, 11) is 0. The van der Waals surface area contributed by atoms with Crippen molar-refractivity contribution in [3.05, 3.63) is 28.2 Å². The lowest BCUT2D eigenvalue weighted by atomic mass is 9.86. The summed E-state index contributed by atoms with van der Waals surface area (Å²) in [6, 6.07) is 4.90. The van der Waals surface area contributed by atoms with Crippen molar-refractivity contribution in [2.75, 3.05) is 0 Å². The number of aromatic carboxylic acids is 1. The predicted molar refractivity (Wildman–Crippen MR) is 77.8 cm³/mol. The van der Waals surface area contributed by atoms with Crippen LogP contribution in [-0.4, -0.2) is 17.2 Å². The highest BCUT2D eigenvalue weighted by molar-refractivity contribution is 9.10. The third-order valence-electron chi connectivity index (χ3n) is 3.84. The van der Waals surface area contributed by atoms with Crippen LogP contribution in [0.15, 0.2) is 22.7 Å². The van der Waals surface area contributed by atoms with Gasteiger partial charge in [-0.05, 0) is 65.7 Å². The quantitative estimate of drug-likeness (QED) is 0.886. The lowest BCUT2D eigenvalue weighted by Crippen LogP contribution is -2.24. The van der Waals surface area contributed by atoms with Crippen LogP contribution in [0.3, 0.4) is 0 Å². The normalized spacial score (nSPS) is 23.1. The Kier molecular flexibility index (Phi) is 4.86. The van der Waals surface area contributed by atoms with E-state index < -0.39 is 5.97 Å². The molecule has 0 radical (unpaired) electrons. The van der Waals surface area contributed by atoms with Crippen molar-refractivity contribution in [3.63, 3.8) is 0 Å². The Morgan fingerprint density at radius 2 is 2.05 bits per heavy atom. The molecule has 0 aliphatic heterocycles. The molecule has 0 heterocycles. The maximum absolute atomic E-state index is 11.0. The first-order valence-corrected chi connectivity index (χ1v) is 7.59. The second-order valence-electron chi connectivity index (χ2n) is 5.12. The molecule has 0 unspecified atom stereocenters. The molecule has 0 aromatic heterocycles. The van der Waals surface area contributed by atoms with Gasteiger partial charge in [0.05, 0.1) is 16.1 Å². The zero-order valence-electron chi connectivity index (χ0n) is 11.1. The summed E-state index contributed by atoms with van der Waals surface area (Å²) in [5.41, 5.74) is 0.264. The van der Waals surface area contributed by atoms with Crippen LogP contribution in [0, 0.1) is 5.92 Å². The minimum atomic E-state index is -0.924. The average molecular weight is 327 g/mol. The van der Waals surface area contributed by atoms with E-state index in [1.807, 2.05) is 0 Å². The standard InChI is InChI=1S/C15H19BrO3/c1-2-10-3-6-12(7-4-10)19-14-9-11(15(17)18)5-8-13(14)16/h5,8-10,12H,2-4,6-7H2,1H3,(H,17,18). The molecule has 0 bridgehead atoms. The highest BCUT2D eigenvalue weighted by Gasteiger charge is 2.22. The third kappa shape index (κ3) is 3.72. The van der Waals surface area contributed by atoms with Gasteiger partial charge < -0.3 is 9.84 Å². The fourth-order valence-electron chi connectivity index (χ4n) is 2.56. The molecule has 104 valence electrons. The monoisotopic (exact) mass is 326 g/mol. The first-order chi connectivity index (χ1) is 9.10. The summed E-state index contributed by atoms with van der Waals surface area (Å²) in [4.78, 5) is 11.0. The zero-order valence-corrected chi connectivity index (χ0v) is 12.6. The van der Waals surface area contributed by atoms with Crippen LogP contribution in [0.2, 0.25) is 0 Å². The van der Waals surface area contributed by atoms with Crippen molar-refractivity contribution >= 4 is 21.9 Å². The Labute approximate surface area is 122 Å². The number of benzene rings is 1. The van der Waals surface area contributed by atoms with Gasteiger partial charge in [-0.15, -0.1) is 0 Å². The Balaban J connectivity index is 2.03. The second-order valence-corrected chi connectivity index (χ2v) is 5.97. The molecular weight excluding hydrogens is 308 g/mol. The molecule has 19 heavy (non-hydrogen) atoms. The fraction of sp³-hybridized carbons (Fsp3) is 0.533. The second kappa shape index (κ2) is 6.42. The first-order valence-electron chi connectivity index (χ1n) is 6.79. The van der Waals surface area contributed by atoms with E-state index >= 15 is 0 Å². The van der Waals surface area contributed by atoms with Gasteiger partial charge in [0.25, 0.3) is 0 Å². The molecule has 1 fully saturated rings. The fourth-order valence-corrected chi connectivity index (χ4v) is 2.90. The molecule has 1 N–H and O–H groups in total. The molecule has 3 nitrogen and oxygen atoms in total. The van der Waals surface area contributed by atoms with Crippen molar-refractivity contribution in [3.8, 4) is 5.75 Å². The largest absolute Gasteiger partial charge is 0.489 e. The number of hydrogen-bond donors (Lipinski definition) is 1. The lowest BCUT2D eigenvalue weighted by molar-refractivity contribution is 0.0695. The highest BCUT2D eigenvalue weighted by atomic mass is 79.9. The molecule has 0 amide bonds. The van der Waals surface area contributed by atoms with Gasteiger partial charge in [0, 0.05) is 0 Å². The molecule has 1 aliphatic rings. The summed E-state index contributed by atoms with van der Waals surface area (Å²) in [5, 5.41) is 9.00. The zero-order chi connectivity index (χ0) is 13.8. The Bertz CT molecular complexity index is 451. The molecule has 0 atom stereocenters. The molecule has 1 aromatic rings. The van der Waals surface area contributed by atoms with Crippen molar-refractivity contribution in [2.45, 2.75) is 45.1 Å². The summed E-state index contributed by atoms with van der Waals surface area (Å²) >= 11 is 3.41. The van der Waals surface area contributed by atoms with E-state index in [2.05, 4.69) is 22.9 Å². The van der Waals surface area contributed by atoms with Gasteiger partial charge in [0.15, 0.2) is 0 Å². The van der Waals surface area contributed by atoms with Crippen LogP contribution >= 0.6 is 15.9 Å². The van der Waals surface area contributed by atoms with Crippen LogP contribution in [0.4, 0.5) is 0 Å². The summed E-state index contributed by atoms with van der Waals surface area (Å²) in [6.45, 7) is 2.23. The van der Waals surface area contributed by atoms with E-state index in [0.717, 1.165) is 23.2 Å². The van der Waals surface area contributed by atoms with Crippen LogP contribution in [0.1, 0.15) is 49.4 Å². The van der Waals surface area contributed by atoms with E-state index in [-0.39, 0.29) is 11.7 Å². The van der Waals surface area contributed by atoms with Gasteiger partial charge in [-0.2, -0.15) is 0 Å². The molecule has 2 rings (SSSR count). The van der Waals surface area contributed by atoms with Crippen LogP contribution in [-0.2, 0) is 0 Å². The highest BCUT2D eigenvalue weighted by Crippen LogP contribution is 2.32. The van der Waals surface area contributed by atoms with Crippen molar-refractivity contribution in [1.29, 1.82) is 0 Å². The van der Waals surface area contributed by atoms with E-state index in [0.29, 0.717) is 5.75 Å². The Morgan fingerprint density at radius 3 is 2.63 bits per heavy atom. The van der Waals surface area contributed by atoms with E-state index in [1.165, 1.54) is 19.3 Å². The molecular formula is C15H19BrO3. The summed E-state index contributed by atoms with van der Waals surface area (Å²) in [6.07, 6.45) is 5.98. The number of halogens is 1. The van der Waals surface area contributed by atoms with Gasteiger partial charge in [-0.3, -0.25) is 0 Å². The van der Waals surface area contributed by atoms with Crippen LogP contribution < -0.4 is 4.74 Å². The number of ether oxygens (including phenoxy) is 1. The molecule has 0 spiro atoms. The van der Waals surface area contributed by atoms with Crippen LogP contribution in [0.5, 0.6) is 5.75 Å². The van der Waals surface area contributed by atoms with Gasteiger partial charge in [-0.25, -0.2) is 4.79 Å². The smallest absolute Gasteiger partial charge is 0.335 e. The van der Waals surface area contributed by atoms with Crippen LogP contribution in [0.25, 0.3) is 0 Å². The van der Waals surface area contributed by atoms with Gasteiger partial charge in [-0.1, -0.05) is 13.3 Å². The Hall–Kier alpha value is -1.03. The number of carboxylic acid groups (broad SMARTS) is 1. The minimum Gasteiger partial charge on any atom is -0.489 e. The van der Waals surface area contributed by atoms with Crippen molar-refractivity contribution < 1.29 is 14.6 Å². The maximum atomic E-state index is 11.0. The van der Waals surface area contributed by atoms with Crippen molar-refractivity contribution in [1.82, 2.24) is 0 Å². The number of carboxylic acids is 1. The summed E-state index contributed by atoms with van der Waals surface area (Å²) < 4.78 is 6.77. The van der Waals surface area contributed by atoms with E-state index in [4.69, 9.17) is 9.84 Å². The first kappa shape index (κ1) is 14.4. The van der Waals surface area contributed by atoms with Crippen molar-refractivity contribution in [2.24, 2.45) is 5.92 Å². The Morgan fingerprint density at radius 1 is 1.37 bits per heavy atom. The maximum Gasteiger partial charge on any atom is 0.335 e. The molecule has 0 saturated heterocycles. The topological polar surface area (TPSA) is 46.5 Å². The third-order valence-corrected chi connectivity index (χ3v) is 4.50. The van der Waals surface area contributed by atoms with E-state index in [1.54, 1.807) is 18.2 Å². The molecule has 1 aliphatic carbocycles. The predicted octanol–water partition coefficient (Wildman–Crippen LogP) is 4.49. The molecule has 1 saturated carbocycles. The molecule has 1 aromatic carbocycles. The number of rotatable bonds is 4. The average Bonchev–Trinajstić information content (AvgIpc) is 2.42. The van der Waals surface area contributed by atoms with Gasteiger partial charge in [0.1, 0.15) is 5.75 Å². The SMILES string of the molecule is CCC1CCC(Oc2cc(C(=O)O)ccc2Br)CC1. The van der Waals surface area contributed by atoms with E-state index in [9.17, 15) is 4.79 Å². The van der Waals surface area contributed by atoms with Gasteiger partial charge >= 0.3 is 5.97 Å². The number of carbonyl (C=O) groups is 1. The minimum absolute atomic E-state index is 0.211. The molecule has 4 heteroatoms. The number of hydrogen-bond acceptors (Lipinski definition) is 2.